The second-order valence-electron chi connectivity index (χ2n) is 21.4. The lowest BCUT2D eigenvalue weighted by Crippen LogP contribution is -2.46. The van der Waals surface area contributed by atoms with E-state index in [9.17, 15) is 0 Å². The summed E-state index contributed by atoms with van der Waals surface area (Å²) in [5.74, 6) is 0. The monoisotopic (exact) mass is 847 g/mol. The number of hydrogen-bond acceptors (Lipinski definition) is 0. The molecule has 0 radical (unpaired) electrons. The Morgan fingerprint density at radius 3 is 0.367 bits per heavy atom. The van der Waals surface area contributed by atoms with E-state index in [0.29, 0.717) is 0 Å². The molecule has 0 aliphatic rings. The highest BCUT2D eigenvalue weighted by Crippen LogP contribution is 2.20. The number of nitrogens with zero attached hydrogens (tertiary/aromatic N) is 2. The average molecular weight is 848 g/mol. The van der Waals surface area contributed by atoms with Crippen molar-refractivity contribution in [2.75, 3.05) is 53.4 Å². The summed E-state index contributed by atoms with van der Waals surface area (Å²) in [5, 5.41) is 0. The predicted molar refractivity (Wildman–Crippen MR) is 277 cm³/mol. The fraction of sp³-hybridized carbons (Fsp3) is 1.00. The van der Waals surface area contributed by atoms with Crippen LogP contribution in [0.5, 0.6) is 0 Å². The summed E-state index contributed by atoms with van der Waals surface area (Å²) in [6, 6.07) is 0. The molecule has 362 valence electrons. The van der Waals surface area contributed by atoms with Gasteiger partial charge < -0.3 is 8.97 Å². The Labute approximate surface area is 383 Å². The van der Waals surface area contributed by atoms with Gasteiger partial charge in [0.1, 0.15) is 0 Å². The third-order valence-corrected chi connectivity index (χ3v) is 14.9. The van der Waals surface area contributed by atoms with E-state index in [1.165, 1.54) is 344 Å². The molecule has 0 fully saturated rings. The highest BCUT2D eigenvalue weighted by molar-refractivity contribution is 4.55. The van der Waals surface area contributed by atoms with Crippen LogP contribution in [-0.2, 0) is 0 Å². The van der Waals surface area contributed by atoms with Gasteiger partial charge in [0.15, 0.2) is 0 Å². The number of quaternary nitrogens is 2. The second kappa shape index (κ2) is 48.4. The highest BCUT2D eigenvalue weighted by atomic mass is 15.3. The summed E-state index contributed by atoms with van der Waals surface area (Å²) in [4.78, 5) is 0. The van der Waals surface area contributed by atoms with Crippen molar-refractivity contribution in [2.45, 2.75) is 323 Å². The summed E-state index contributed by atoms with van der Waals surface area (Å²) in [5.41, 5.74) is 0. The van der Waals surface area contributed by atoms with Crippen LogP contribution in [0.1, 0.15) is 323 Å². The molecule has 0 saturated heterocycles. The standard InChI is InChI=1S/C58H122N2/c1-7-11-15-19-23-27-31-35-41-47-53-59(5,54-48-42-36-32-28-24-20-16-12-8-2)57-51-45-39-40-46-52-58-60(6,55-49-43-37-33-29-25-21-17-13-9-3)56-50-44-38-34-30-26-22-18-14-10-4/h7-58H2,1-6H3/q+2. The number of rotatable bonds is 53. The molecule has 0 aliphatic carbocycles. The van der Waals surface area contributed by atoms with E-state index >= 15 is 0 Å². The van der Waals surface area contributed by atoms with E-state index in [1.807, 2.05) is 0 Å². The summed E-state index contributed by atoms with van der Waals surface area (Å²) in [6.45, 7) is 17.9. The van der Waals surface area contributed by atoms with Crippen molar-refractivity contribution >= 4 is 0 Å². The minimum absolute atomic E-state index is 1.36. The summed E-state index contributed by atoms with van der Waals surface area (Å²) in [6.07, 6.45) is 67.1. The van der Waals surface area contributed by atoms with Crippen LogP contribution in [-0.4, -0.2) is 62.3 Å². The third kappa shape index (κ3) is 44.5. The van der Waals surface area contributed by atoms with Crippen LogP contribution in [0.2, 0.25) is 0 Å². The molecule has 2 nitrogen and oxygen atoms in total. The van der Waals surface area contributed by atoms with E-state index in [1.54, 1.807) is 0 Å². The summed E-state index contributed by atoms with van der Waals surface area (Å²) >= 11 is 0. The van der Waals surface area contributed by atoms with Gasteiger partial charge in [-0.15, -0.1) is 0 Å². The molecular formula is C58H122N2+2. The van der Waals surface area contributed by atoms with Crippen molar-refractivity contribution in [1.29, 1.82) is 0 Å². The van der Waals surface area contributed by atoms with Gasteiger partial charge in [-0.1, -0.05) is 246 Å². The Balaban J connectivity index is 4.62. The number of unbranched alkanes of at least 4 members (excludes halogenated alkanes) is 41. The van der Waals surface area contributed by atoms with Gasteiger partial charge in [-0.3, -0.25) is 0 Å². The van der Waals surface area contributed by atoms with Crippen LogP contribution >= 0.6 is 0 Å². The SMILES string of the molecule is CCCCCCCCCCCC[N+](C)(CCCCCCCCCCCC)CCCCCCCC[N+](C)(CCCCCCCCCCCC)CCCCCCCCCCCC. The topological polar surface area (TPSA) is 0 Å². The van der Waals surface area contributed by atoms with Crippen molar-refractivity contribution in [2.24, 2.45) is 0 Å². The Hall–Kier alpha value is -0.0800. The Bertz CT molecular complexity index is 665. The van der Waals surface area contributed by atoms with Crippen LogP contribution in [0.4, 0.5) is 0 Å². The first-order valence-corrected chi connectivity index (χ1v) is 29.1. The quantitative estimate of drug-likeness (QED) is 0.0423. The maximum atomic E-state index is 2.64. The van der Waals surface area contributed by atoms with Crippen LogP contribution in [0.3, 0.4) is 0 Å². The molecular weight excluding hydrogens is 725 g/mol. The molecule has 0 amide bonds. The minimum atomic E-state index is 1.36. The Morgan fingerprint density at radius 2 is 0.250 bits per heavy atom. The molecule has 0 aromatic rings. The second-order valence-corrected chi connectivity index (χ2v) is 21.4. The average Bonchev–Trinajstić information content (AvgIpc) is 3.24. The normalized spacial score (nSPS) is 12.3. The van der Waals surface area contributed by atoms with E-state index in [4.69, 9.17) is 0 Å². The lowest BCUT2D eigenvalue weighted by atomic mass is 10.0. The van der Waals surface area contributed by atoms with E-state index < -0.39 is 0 Å². The molecule has 0 atom stereocenters. The first-order chi connectivity index (χ1) is 29.4. The van der Waals surface area contributed by atoms with Crippen molar-refractivity contribution < 1.29 is 8.97 Å². The molecule has 0 N–H and O–H groups in total. The van der Waals surface area contributed by atoms with Gasteiger partial charge in [-0.2, -0.15) is 0 Å². The van der Waals surface area contributed by atoms with E-state index in [-0.39, 0.29) is 0 Å². The maximum Gasteiger partial charge on any atom is 0.0784 e. The van der Waals surface area contributed by atoms with Crippen molar-refractivity contribution in [3.8, 4) is 0 Å². The van der Waals surface area contributed by atoms with Crippen molar-refractivity contribution in [3.05, 3.63) is 0 Å². The first kappa shape index (κ1) is 59.9. The molecule has 0 bridgehead atoms. The summed E-state index contributed by atoms with van der Waals surface area (Å²) < 4.78 is 2.73. The zero-order chi connectivity index (χ0) is 43.8. The largest absolute Gasteiger partial charge is 0.326 e. The molecule has 2 heteroatoms. The Kier molecular flexibility index (Phi) is 48.3. The van der Waals surface area contributed by atoms with Gasteiger partial charge in [-0.25, -0.2) is 0 Å². The lowest BCUT2D eigenvalue weighted by molar-refractivity contribution is -0.910. The first-order valence-electron chi connectivity index (χ1n) is 29.1. The van der Waals surface area contributed by atoms with Crippen LogP contribution < -0.4 is 0 Å². The fourth-order valence-corrected chi connectivity index (χ4v) is 10.3. The van der Waals surface area contributed by atoms with Crippen LogP contribution in [0, 0.1) is 0 Å². The van der Waals surface area contributed by atoms with E-state index in [0.717, 1.165) is 0 Å². The number of hydrogen-bond donors (Lipinski definition) is 0. The molecule has 0 aromatic carbocycles. The zero-order valence-corrected chi connectivity index (χ0v) is 43.7. The Morgan fingerprint density at radius 1 is 0.150 bits per heavy atom. The smallest absolute Gasteiger partial charge is 0.0784 e. The lowest BCUT2D eigenvalue weighted by Gasteiger charge is -2.35. The fourth-order valence-electron chi connectivity index (χ4n) is 10.3. The zero-order valence-electron chi connectivity index (χ0n) is 43.7. The molecule has 60 heavy (non-hydrogen) atoms. The van der Waals surface area contributed by atoms with Gasteiger partial charge in [0.25, 0.3) is 0 Å². The molecule has 0 rings (SSSR count). The van der Waals surface area contributed by atoms with Gasteiger partial charge in [-0.05, 0) is 77.0 Å². The summed E-state index contributed by atoms with van der Waals surface area (Å²) in [7, 11) is 5.28. The third-order valence-electron chi connectivity index (χ3n) is 14.9. The molecule has 0 aromatic heterocycles. The predicted octanol–water partition coefficient (Wildman–Crippen LogP) is 19.9. The van der Waals surface area contributed by atoms with Crippen LogP contribution in [0.15, 0.2) is 0 Å². The molecule has 0 spiro atoms. The molecule has 0 unspecified atom stereocenters. The van der Waals surface area contributed by atoms with Crippen molar-refractivity contribution in [3.63, 3.8) is 0 Å². The highest BCUT2D eigenvalue weighted by Gasteiger charge is 2.22. The van der Waals surface area contributed by atoms with E-state index in [2.05, 4.69) is 41.8 Å². The van der Waals surface area contributed by atoms with Gasteiger partial charge >= 0.3 is 0 Å². The van der Waals surface area contributed by atoms with Crippen molar-refractivity contribution in [1.82, 2.24) is 0 Å². The minimum Gasteiger partial charge on any atom is -0.326 e. The molecule has 0 heterocycles. The van der Waals surface area contributed by atoms with Gasteiger partial charge in [0.2, 0.25) is 0 Å². The molecule has 0 aliphatic heterocycles. The molecule has 0 saturated carbocycles. The van der Waals surface area contributed by atoms with Gasteiger partial charge in [0, 0.05) is 0 Å². The van der Waals surface area contributed by atoms with Crippen LogP contribution in [0.25, 0.3) is 0 Å². The van der Waals surface area contributed by atoms with Gasteiger partial charge in [0.05, 0.1) is 53.4 Å². The maximum absolute atomic E-state index is 2.64.